The molecule has 0 saturated carbocycles. The van der Waals surface area contributed by atoms with Crippen LogP contribution in [0.15, 0.2) is 84.9 Å². The van der Waals surface area contributed by atoms with Gasteiger partial charge in [-0.15, -0.1) is 0 Å². The van der Waals surface area contributed by atoms with Gasteiger partial charge in [0.1, 0.15) is 12.4 Å². The van der Waals surface area contributed by atoms with Crippen LogP contribution in [0.5, 0.6) is 5.75 Å². The molecule has 33 heavy (non-hydrogen) atoms. The zero-order chi connectivity index (χ0) is 23.7. The lowest BCUT2D eigenvalue weighted by Crippen LogP contribution is -2.20. The standard InChI is InChI=1S/C25H20F3NO4/c26-25(27,28)20-8-4-7-18(15-20)9-14-24(31)33-17-23(30)29-21-10-12-22(13-11-21)32-16-19-5-2-1-3-6-19/h1-15H,16-17H2,(H,29,30)/b14-9+. The third-order valence-corrected chi connectivity index (χ3v) is 4.36. The fourth-order valence-electron chi connectivity index (χ4n) is 2.74. The van der Waals surface area contributed by atoms with Gasteiger partial charge in [0.2, 0.25) is 0 Å². The molecule has 0 aliphatic rings. The molecule has 1 N–H and O–H groups in total. The Labute approximate surface area is 188 Å². The molecule has 3 aromatic rings. The van der Waals surface area contributed by atoms with Crippen molar-refractivity contribution in [2.24, 2.45) is 0 Å². The highest BCUT2D eigenvalue weighted by Gasteiger charge is 2.30. The molecular weight excluding hydrogens is 435 g/mol. The summed E-state index contributed by atoms with van der Waals surface area (Å²) >= 11 is 0. The number of benzene rings is 3. The van der Waals surface area contributed by atoms with E-state index in [9.17, 15) is 22.8 Å². The number of carbonyl (C=O) groups is 2. The first kappa shape index (κ1) is 23.6. The normalized spacial score (nSPS) is 11.2. The van der Waals surface area contributed by atoms with Gasteiger partial charge >= 0.3 is 12.1 Å². The Morgan fingerprint density at radius 1 is 0.909 bits per heavy atom. The van der Waals surface area contributed by atoms with Gasteiger partial charge in [0, 0.05) is 11.8 Å². The maximum atomic E-state index is 12.7. The zero-order valence-corrected chi connectivity index (χ0v) is 17.3. The number of rotatable bonds is 8. The second-order valence-electron chi connectivity index (χ2n) is 6.91. The minimum Gasteiger partial charge on any atom is -0.489 e. The van der Waals surface area contributed by atoms with Gasteiger partial charge in [-0.25, -0.2) is 4.79 Å². The second-order valence-corrected chi connectivity index (χ2v) is 6.91. The van der Waals surface area contributed by atoms with Crippen LogP contribution in [0, 0.1) is 0 Å². The largest absolute Gasteiger partial charge is 0.489 e. The van der Waals surface area contributed by atoms with Crippen LogP contribution < -0.4 is 10.1 Å². The summed E-state index contributed by atoms with van der Waals surface area (Å²) in [5, 5.41) is 2.58. The van der Waals surface area contributed by atoms with Crippen LogP contribution in [0.25, 0.3) is 6.08 Å². The first-order valence-corrected chi connectivity index (χ1v) is 9.88. The molecule has 0 bridgehead atoms. The Morgan fingerprint density at radius 3 is 2.33 bits per heavy atom. The molecule has 0 radical (unpaired) electrons. The molecule has 3 rings (SSSR count). The number of alkyl halides is 3. The molecule has 0 heterocycles. The minimum atomic E-state index is -4.48. The summed E-state index contributed by atoms with van der Waals surface area (Å²) in [6.07, 6.45) is -2.33. The summed E-state index contributed by atoms with van der Waals surface area (Å²) in [7, 11) is 0. The number of carbonyl (C=O) groups excluding carboxylic acids is 2. The highest BCUT2D eigenvalue weighted by atomic mass is 19.4. The highest BCUT2D eigenvalue weighted by molar-refractivity contribution is 5.94. The topological polar surface area (TPSA) is 64.6 Å². The van der Waals surface area contributed by atoms with Crippen LogP contribution in [0.1, 0.15) is 16.7 Å². The van der Waals surface area contributed by atoms with Gasteiger partial charge in [-0.05, 0) is 53.6 Å². The molecular formula is C25H20F3NO4. The predicted octanol–water partition coefficient (Wildman–Crippen LogP) is 5.48. The minimum absolute atomic E-state index is 0.181. The van der Waals surface area contributed by atoms with Crippen molar-refractivity contribution in [3.05, 3.63) is 102 Å². The Bertz CT molecular complexity index is 1110. The summed E-state index contributed by atoms with van der Waals surface area (Å²) in [6.45, 7) is -0.130. The molecule has 0 aromatic heterocycles. The van der Waals surface area contributed by atoms with Crippen LogP contribution in [0.4, 0.5) is 18.9 Å². The molecule has 0 fully saturated rings. The van der Waals surface area contributed by atoms with Gasteiger partial charge in [-0.2, -0.15) is 13.2 Å². The number of halogens is 3. The summed E-state index contributed by atoms with van der Waals surface area (Å²) in [6, 6.07) is 20.8. The van der Waals surface area contributed by atoms with Gasteiger partial charge in [-0.1, -0.05) is 42.5 Å². The van der Waals surface area contributed by atoms with Gasteiger partial charge < -0.3 is 14.8 Å². The summed E-state index contributed by atoms with van der Waals surface area (Å²) in [5.41, 5.74) is 0.871. The van der Waals surface area contributed by atoms with E-state index in [1.807, 2.05) is 30.3 Å². The lowest BCUT2D eigenvalue weighted by molar-refractivity contribution is -0.142. The smallest absolute Gasteiger partial charge is 0.416 e. The first-order valence-electron chi connectivity index (χ1n) is 9.88. The summed E-state index contributed by atoms with van der Waals surface area (Å²) < 4.78 is 48.6. The van der Waals surface area contributed by atoms with Crippen molar-refractivity contribution in [2.75, 3.05) is 11.9 Å². The average Bonchev–Trinajstić information content (AvgIpc) is 2.81. The first-order chi connectivity index (χ1) is 15.8. The SMILES string of the molecule is O=C(COC(=O)/C=C/c1cccc(C(F)(F)F)c1)Nc1ccc(OCc2ccccc2)cc1. The fraction of sp³-hybridized carbons (Fsp3) is 0.120. The number of hydrogen-bond donors (Lipinski definition) is 1. The van der Waals surface area contributed by atoms with Gasteiger partial charge in [0.25, 0.3) is 5.91 Å². The molecule has 8 heteroatoms. The Kier molecular flexibility index (Phi) is 7.86. The second kappa shape index (κ2) is 11.0. The Morgan fingerprint density at radius 2 is 1.64 bits per heavy atom. The summed E-state index contributed by atoms with van der Waals surface area (Å²) in [5.74, 6) is -0.788. The molecule has 0 saturated heterocycles. The van der Waals surface area contributed by atoms with Crippen LogP contribution in [-0.2, 0) is 27.1 Å². The van der Waals surface area contributed by atoms with E-state index in [2.05, 4.69) is 5.32 Å². The number of nitrogens with one attached hydrogen (secondary N) is 1. The van der Waals surface area contributed by atoms with Crippen molar-refractivity contribution in [3.8, 4) is 5.75 Å². The molecule has 3 aromatic carbocycles. The molecule has 5 nitrogen and oxygen atoms in total. The third kappa shape index (κ3) is 7.84. The van der Waals surface area contributed by atoms with E-state index in [0.717, 1.165) is 23.8 Å². The molecule has 0 aliphatic heterocycles. The number of anilines is 1. The van der Waals surface area contributed by atoms with Gasteiger partial charge in [0.15, 0.2) is 6.61 Å². The van der Waals surface area contributed by atoms with Crippen LogP contribution in [-0.4, -0.2) is 18.5 Å². The molecule has 170 valence electrons. The van der Waals surface area contributed by atoms with E-state index in [1.165, 1.54) is 18.2 Å². The molecule has 0 spiro atoms. The fourth-order valence-corrected chi connectivity index (χ4v) is 2.74. The quantitative estimate of drug-likeness (QED) is 0.361. The van der Waals surface area contributed by atoms with Crippen molar-refractivity contribution < 1.29 is 32.2 Å². The predicted molar refractivity (Wildman–Crippen MR) is 117 cm³/mol. The summed E-state index contributed by atoms with van der Waals surface area (Å²) in [4.78, 5) is 23.7. The van der Waals surface area contributed by atoms with E-state index in [-0.39, 0.29) is 5.56 Å². The van der Waals surface area contributed by atoms with Crippen molar-refractivity contribution in [1.82, 2.24) is 0 Å². The van der Waals surface area contributed by atoms with E-state index >= 15 is 0 Å². The maximum absolute atomic E-state index is 12.7. The lowest BCUT2D eigenvalue weighted by atomic mass is 10.1. The highest BCUT2D eigenvalue weighted by Crippen LogP contribution is 2.29. The zero-order valence-electron chi connectivity index (χ0n) is 17.3. The van der Waals surface area contributed by atoms with Crippen molar-refractivity contribution in [3.63, 3.8) is 0 Å². The maximum Gasteiger partial charge on any atom is 0.416 e. The van der Waals surface area contributed by atoms with Crippen molar-refractivity contribution >= 4 is 23.6 Å². The molecule has 0 unspecified atom stereocenters. The van der Waals surface area contributed by atoms with E-state index in [0.29, 0.717) is 18.0 Å². The van der Waals surface area contributed by atoms with E-state index in [4.69, 9.17) is 9.47 Å². The third-order valence-electron chi connectivity index (χ3n) is 4.36. The lowest BCUT2D eigenvalue weighted by Gasteiger charge is -2.08. The number of esters is 1. The van der Waals surface area contributed by atoms with Crippen LogP contribution in [0.3, 0.4) is 0 Å². The number of hydrogen-bond acceptors (Lipinski definition) is 4. The van der Waals surface area contributed by atoms with E-state index < -0.39 is 30.2 Å². The van der Waals surface area contributed by atoms with Gasteiger partial charge in [0.05, 0.1) is 5.56 Å². The van der Waals surface area contributed by atoms with Crippen LogP contribution >= 0.6 is 0 Å². The molecule has 0 atom stereocenters. The van der Waals surface area contributed by atoms with Crippen molar-refractivity contribution in [1.29, 1.82) is 0 Å². The number of amides is 1. The van der Waals surface area contributed by atoms with Crippen LogP contribution in [0.2, 0.25) is 0 Å². The Hall–Kier alpha value is -4.07. The Balaban J connectivity index is 1.43. The van der Waals surface area contributed by atoms with Gasteiger partial charge in [-0.3, -0.25) is 4.79 Å². The number of ether oxygens (including phenoxy) is 2. The molecule has 1 amide bonds. The average molecular weight is 455 g/mol. The molecule has 0 aliphatic carbocycles. The monoisotopic (exact) mass is 455 g/mol. The van der Waals surface area contributed by atoms with Crippen molar-refractivity contribution in [2.45, 2.75) is 12.8 Å². The van der Waals surface area contributed by atoms with E-state index in [1.54, 1.807) is 24.3 Å².